The second kappa shape index (κ2) is 8.86. The zero-order valence-electron chi connectivity index (χ0n) is 14.1. The number of allylic oxidation sites excluding steroid dienone is 2. The normalized spacial score (nSPS) is 10.7. The van der Waals surface area contributed by atoms with Gasteiger partial charge in [0.1, 0.15) is 34.8 Å². The number of carbonyl (C=O) groups is 1. The predicted octanol–water partition coefficient (Wildman–Crippen LogP) is 5.09. The first-order valence-corrected chi connectivity index (χ1v) is 8.01. The van der Waals surface area contributed by atoms with E-state index in [1.165, 1.54) is 6.07 Å². The van der Waals surface area contributed by atoms with E-state index in [4.69, 9.17) is 10.00 Å². The predicted molar refractivity (Wildman–Crippen MR) is 90.2 cm³/mol. The van der Waals surface area contributed by atoms with Crippen LogP contribution < -0.4 is 4.74 Å². The van der Waals surface area contributed by atoms with E-state index in [0.29, 0.717) is 18.4 Å². The molecule has 0 radical (unpaired) electrons. The zero-order chi connectivity index (χ0) is 19.1. The fourth-order valence-electron chi connectivity index (χ4n) is 2.31. The van der Waals surface area contributed by atoms with Crippen LogP contribution in [-0.2, 0) is 6.42 Å². The fraction of sp³-hybridized carbons (Fsp3) is 0.200. The van der Waals surface area contributed by atoms with Crippen LogP contribution in [0.15, 0.2) is 42.5 Å². The molecular formula is C20H16F3NO2. The summed E-state index contributed by atoms with van der Waals surface area (Å²) >= 11 is 0. The molecule has 2 aromatic carbocycles. The summed E-state index contributed by atoms with van der Waals surface area (Å²) in [6.07, 6.45) is 5.80. The lowest BCUT2D eigenvalue weighted by atomic mass is 10.1. The highest BCUT2D eigenvalue weighted by Gasteiger charge is 2.21. The van der Waals surface area contributed by atoms with Gasteiger partial charge in [-0.15, -0.1) is 0 Å². The van der Waals surface area contributed by atoms with E-state index in [9.17, 15) is 18.0 Å². The van der Waals surface area contributed by atoms with E-state index < -0.39 is 29.0 Å². The van der Waals surface area contributed by atoms with Crippen LogP contribution in [0.4, 0.5) is 13.2 Å². The fourth-order valence-corrected chi connectivity index (χ4v) is 2.31. The summed E-state index contributed by atoms with van der Waals surface area (Å²) in [5.41, 5.74) is -0.659. The molecule has 0 bridgehead atoms. The van der Waals surface area contributed by atoms with Gasteiger partial charge in [-0.2, -0.15) is 5.26 Å². The monoisotopic (exact) mass is 359 g/mol. The first kappa shape index (κ1) is 19.3. The summed E-state index contributed by atoms with van der Waals surface area (Å²) < 4.78 is 46.7. The molecule has 0 saturated heterocycles. The van der Waals surface area contributed by atoms with Crippen LogP contribution in [0.25, 0.3) is 0 Å². The number of carbonyl (C=O) groups excluding carboxylic acids is 1. The third-order valence-corrected chi connectivity index (χ3v) is 3.58. The maximum absolute atomic E-state index is 14.2. The molecule has 0 amide bonds. The zero-order valence-corrected chi connectivity index (χ0v) is 14.1. The lowest BCUT2D eigenvalue weighted by Gasteiger charge is -2.08. The number of nitriles is 1. The lowest BCUT2D eigenvalue weighted by Crippen LogP contribution is -2.14. The van der Waals surface area contributed by atoms with Gasteiger partial charge in [-0.1, -0.05) is 19.1 Å². The molecule has 0 atom stereocenters. The summed E-state index contributed by atoms with van der Waals surface area (Å²) in [4.78, 5) is 12.0. The van der Waals surface area contributed by atoms with Crippen molar-refractivity contribution in [3.8, 4) is 11.8 Å². The summed E-state index contributed by atoms with van der Waals surface area (Å²) in [6.45, 7) is 1.98. The van der Waals surface area contributed by atoms with E-state index >= 15 is 0 Å². The number of rotatable bonds is 6. The van der Waals surface area contributed by atoms with Crippen molar-refractivity contribution in [2.24, 2.45) is 0 Å². The van der Waals surface area contributed by atoms with Gasteiger partial charge in [-0.3, -0.25) is 0 Å². The average molecular weight is 359 g/mol. The van der Waals surface area contributed by atoms with Crippen molar-refractivity contribution in [1.82, 2.24) is 0 Å². The molecule has 6 heteroatoms. The van der Waals surface area contributed by atoms with Gasteiger partial charge >= 0.3 is 5.97 Å². The Hall–Kier alpha value is -3.07. The molecule has 0 aliphatic heterocycles. The molecular weight excluding hydrogens is 343 g/mol. The van der Waals surface area contributed by atoms with Crippen LogP contribution in [0.3, 0.4) is 0 Å². The van der Waals surface area contributed by atoms with Crippen molar-refractivity contribution in [2.75, 3.05) is 0 Å². The van der Waals surface area contributed by atoms with E-state index in [1.54, 1.807) is 6.07 Å². The van der Waals surface area contributed by atoms with Crippen LogP contribution in [0.5, 0.6) is 5.75 Å². The molecule has 134 valence electrons. The summed E-state index contributed by atoms with van der Waals surface area (Å²) in [5.74, 6) is -4.51. The van der Waals surface area contributed by atoms with Gasteiger partial charge in [0.05, 0.1) is 5.56 Å². The number of esters is 1. The molecule has 0 saturated carbocycles. The quantitative estimate of drug-likeness (QED) is 0.410. The molecule has 26 heavy (non-hydrogen) atoms. The number of aryl methyl sites for hydroxylation is 1. The van der Waals surface area contributed by atoms with Gasteiger partial charge in [-0.25, -0.2) is 18.0 Å². The molecule has 2 rings (SSSR count). The van der Waals surface area contributed by atoms with Gasteiger partial charge in [-0.05, 0) is 49.1 Å². The van der Waals surface area contributed by atoms with Crippen molar-refractivity contribution in [2.45, 2.75) is 26.2 Å². The molecule has 0 aromatic heterocycles. The molecule has 0 fully saturated rings. The smallest absolute Gasteiger partial charge is 0.349 e. The van der Waals surface area contributed by atoms with Gasteiger partial charge in [0.25, 0.3) is 0 Å². The van der Waals surface area contributed by atoms with Gasteiger partial charge < -0.3 is 4.74 Å². The minimum Gasteiger partial charge on any atom is -0.423 e. The minimum absolute atomic E-state index is 0.233. The highest BCUT2D eigenvalue weighted by atomic mass is 19.1. The number of hydrogen-bond donors (Lipinski definition) is 0. The number of ether oxygens (including phenoxy) is 1. The molecule has 0 aliphatic carbocycles. The summed E-state index contributed by atoms with van der Waals surface area (Å²) in [6, 6.07) is 6.87. The molecule has 0 unspecified atom stereocenters. The maximum atomic E-state index is 14.2. The summed E-state index contributed by atoms with van der Waals surface area (Å²) in [7, 11) is 0. The summed E-state index contributed by atoms with van der Waals surface area (Å²) in [5, 5.41) is 8.66. The van der Waals surface area contributed by atoms with Crippen molar-refractivity contribution in [3.63, 3.8) is 0 Å². The van der Waals surface area contributed by atoms with Crippen LogP contribution in [0.2, 0.25) is 0 Å². The molecule has 3 nitrogen and oxygen atoms in total. The van der Waals surface area contributed by atoms with E-state index in [0.717, 1.165) is 30.7 Å². The van der Waals surface area contributed by atoms with Gasteiger partial charge in [0.2, 0.25) is 0 Å². The topological polar surface area (TPSA) is 50.1 Å². The number of nitrogens with zero attached hydrogens (tertiary/aromatic N) is 1. The van der Waals surface area contributed by atoms with Crippen LogP contribution in [-0.4, -0.2) is 5.97 Å². The second-order valence-electron chi connectivity index (χ2n) is 5.50. The highest BCUT2D eigenvalue weighted by Crippen LogP contribution is 2.21. The molecule has 2 aromatic rings. The van der Waals surface area contributed by atoms with Crippen molar-refractivity contribution in [3.05, 3.63) is 76.6 Å². The average Bonchev–Trinajstić information content (AvgIpc) is 2.58. The van der Waals surface area contributed by atoms with Crippen molar-refractivity contribution in [1.29, 1.82) is 5.26 Å². The Morgan fingerprint density at radius 3 is 2.38 bits per heavy atom. The Balaban J connectivity index is 2.17. The highest BCUT2D eigenvalue weighted by molar-refractivity contribution is 5.91. The molecule has 0 aliphatic rings. The minimum atomic E-state index is -1.28. The molecule has 0 N–H and O–H groups in total. The Labute approximate surface area is 149 Å². The standard InChI is InChI=1S/C20H16F3NO2/c1-2-3-4-5-6-13-9-17(22)19(18(23)10-13)20(25)26-15-8-7-14(12-24)16(21)11-15/h3-4,7-11H,2,5-6H2,1H3. The van der Waals surface area contributed by atoms with Crippen LogP contribution in [0.1, 0.15) is 41.3 Å². The Morgan fingerprint density at radius 2 is 1.81 bits per heavy atom. The largest absolute Gasteiger partial charge is 0.423 e. The van der Waals surface area contributed by atoms with Crippen LogP contribution in [0, 0.1) is 28.8 Å². The second-order valence-corrected chi connectivity index (χ2v) is 5.50. The number of halogens is 3. The Kier molecular flexibility index (Phi) is 6.56. The number of benzene rings is 2. The van der Waals surface area contributed by atoms with Gasteiger partial charge in [0.15, 0.2) is 0 Å². The van der Waals surface area contributed by atoms with E-state index in [2.05, 4.69) is 0 Å². The van der Waals surface area contributed by atoms with E-state index in [-0.39, 0.29) is 11.3 Å². The third-order valence-electron chi connectivity index (χ3n) is 3.58. The molecule has 0 spiro atoms. The molecule has 0 heterocycles. The number of hydrogen-bond acceptors (Lipinski definition) is 3. The van der Waals surface area contributed by atoms with Crippen LogP contribution >= 0.6 is 0 Å². The Bertz CT molecular complexity index is 862. The first-order valence-electron chi connectivity index (χ1n) is 8.01. The van der Waals surface area contributed by atoms with Crippen molar-refractivity contribution < 1.29 is 22.7 Å². The lowest BCUT2D eigenvalue weighted by molar-refractivity contribution is 0.0724. The van der Waals surface area contributed by atoms with Crippen molar-refractivity contribution >= 4 is 5.97 Å². The van der Waals surface area contributed by atoms with E-state index in [1.807, 2.05) is 19.1 Å². The maximum Gasteiger partial charge on any atom is 0.349 e. The third kappa shape index (κ3) is 4.73. The first-order chi connectivity index (χ1) is 12.5. The van der Waals surface area contributed by atoms with Gasteiger partial charge in [0, 0.05) is 6.07 Å². The Morgan fingerprint density at radius 1 is 1.12 bits per heavy atom. The SMILES string of the molecule is CCC=CCCc1cc(F)c(C(=O)Oc2ccc(C#N)c(F)c2)c(F)c1.